The van der Waals surface area contributed by atoms with E-state index in [1.807, 2.05) is 31.2 Å². The number of rotatable bonds is 4. The van der Waals surface area contributed by atoms with Gasteiger partial charge in [0.1, 0.15) is 11.4 Å². The molecule has 2 aliphatic heterocycles. The number of morpholine rings is 1. The summed E-state index contributed by atoms with van der Waals surface area (Å²) in [5.74, 6) is 0.757. The first-order valence-corrected chi connectivity index (χ1v) is 8.03. The lowest BCUT2D eigenvalue weighted by Crippen LogP contribution is -2.56. The van der Waals surface area contributed by atoms with Gasteiger partial charge < -0.3 is 19.5 Å². The Morgan fingerprint density at radius 2 is 2.17 bits per heavy atom. The number of nitrogens with one attached hydrogen (secondary N) is 1. The summed E-state index contributed by atoms with van der Waals surface area (Å²) >= 11 is 0. The number of anilines is 1. The van der Waals surface area contributed by atoms with Gasteiger partial charge in [-0.05, 0) is 31.2 Å². The molecule has 2 heterocycles. The molecular weight excluding hydrogens is 296 g/mol. The molecule has 1 amide bonds. The van der Waals surface area contributed by atoms with E-state index in [1.165, 1.54) is 0 Å². The van der Waals surface area contributed by atoms with Crippen LogP contribution in [0.3, 0.4) is 0 Å². The van der Waals surface area contributed by atoms with Crippen LogP contribution in [0.5, 0.6) is 5.75 Å². The molecule has 0 aliphatic carbocycles. The Bertz CT molecular complexity index is 548. The number of hydrogen-bond acceptors (Lipinski definition) is 5. The number of hydrogen-bond donors (Lipinski definition) is 1. The van der Waals surface area contributed by atoms with Crippen molar-refractivity contribution in [1.29, 1.82) is 0 Å². The predicted molar refractivity (Wildman–Crippen MR) is 86.8 cm³/mol. The number of nitrogens with zero attached hydrogens (tertiary/aromatic N) is 1. The van der Waals surface area contributed by atoms with Gasteiger partial charge in [-0.15, -0.1) is 0 Å². The van der Waals surface area contributed by atoms with Crippen molar-refractivity contribution in [2.24, 2.45) is 0 Å². The molecule has 0 aromatic heterocycles. The minimum absolute atomic E-state index is 0.0150. The smallest absolute Gasteiger partial charge is 0.238 e. The maximum atomic E-state index is 12.3. The first-order chi connectivity index (χ1) is 11.1. The summed E-state index contributed by atoms with van der Waals surface area (Å²) < 4.78 is 16.7. The number of methoxy groups -OCH3 is 1. The van der Waals surface area contributed by atoms with Gasteiger partial charge in [-0.1, -0.05) is 0 Å². The van der Waals surface area contributed by atoms with Crippen LogP contribution < -0.4 is 10.1 Å². The van der Waals surface area contributed by atoms with Crippen LogP contribution in [0.15, 0.2) is 24.3 Å². The molecule has 3 rings (SSSR count). The Kier molecular flexibility index (Phi) is 4.84. The van der Waals surface area contributed by atoms with Gasteiger partial charge in [0.25, 0.3) is 0 Å². The molecule has 0 unspecified atom stereocenters. The van der Waals surface area contributed by atoms with Crippen LogP contribution in [0.25, 0.3) is 0 Å². The van der Waals surface area contributed by atoms with Crippen LogP contribution in [0.4, 0.5) is 5.69 Å². The molecule has 0 radical (unpaired) electrons. The highest BCUT2D eigenvalue weighted by atomic mass is 16.6. The van der Waals surface area contributed by atoms with E-state index in [0.29, 0.717) is 13.2 Å². The van der Waals surface area contributed by atoms with Crippen LogP contribution in [0.1, 0.15) is 13.3 Å². The molecule has 126 valence electrons. The van der Waals surface area contributed by atoms with E-state index >= 15 is 0 Å². The normalized spacial score (nSPS) is 28.0. The number of carbonyl (C=O) groups excluding carboxylic acids is 1. The molecule has 2 aliphatic rings. The second-order valence-corrected chi connectivity index (χ2v) is 6.16. The fourth-order valence-corrected chi connectivity index (χ4v) is 3.25. The summed E-state index contributed by atoms with van der Waals surface area (Å²) in [6.45, 7) is 5.29. The highest BCUT2D eigenvalue weighted by Gasteiger charge is 2.46. The van der Waals surface area contributed by atoms with E-state index in [0.717, 1.165) is 37.6 Å². The van der Waals surface area contributed by atoms with E-state index in [2.05, 4.69) is 10.2 Å². The Morgan fingerprint density at radius 3 is 2.83 bits per heavy atom. The van der Waals surface area contributed by atoms with Gasteiger partial charge in [0.2, 0.25) is 5.91 Å². The molecule has 6 nitrogen and oxygen atoms in total. The lowest BCUT2D eigenvalue weighted by Gasteiger charge is -2.41. The first-order valence-electron chi connectivity index (χ1n) is 8.03. The Hall–Kier alpha value is -1.63. The standard InChI is InChI=1S/C17H24N2O4/c1-13-17(7-9-22-13)12-19(8-10-23-17)11-16(20)18-14-3-5-15(21-2)6-4-14/h3-6,13H,7-12H2,1-2H3,(H,18,20)/t13-,17+/m0/s1. The van der Waals surface area contributed by atoms with Crippen LogP contribution in [-0.2, 0) is 14.3 Å². The summed E-state index contributed by atoms with van der Waals surface area (Å²) in [6, 6.07) is 7.34. The number of ether oxygens (including phenoxy) is 3. The maximum absolute atomic E-state index is 12.3. The van der Waals surface area contributed by atoms with Crippen molar-refractivity contribution in [1.82, 2.24) is 4.90 Å². The quantitative estimate of drug-likeness (QED) is 0.911. The molecule has 1 spiro atoms. The molecule has 23 heavy (non-hydrogen) atoms. The van der Waals surface area contributed by atoms with Gasteiger partial charge in [-0.2, -0.15) is 0 Å². The average Bonchev–Trinajstić information content (AvgIpc) is 2.88. The minimum atomic E-state index is -0.251. The summed E-state index contributed by atoms with van der Waals surface area (Å²) in [6.07, 6.45) is 0.972. The molecule has 1 N–H and O–H groups in total. The fraction of sp³-hybridized carbons (Fsp3) is 0.588. The zero-order valence-corrected chi connectivity index (χ0v) is 13.7. The van der Waals surface area contributed by atoms with Gasteiger partial charge in [0.15, 0.2) is 0 Å². The fourth-order valence-electron chi connectivity index (χ4n) is 3.25. The molecule has 2 saturated heterocycles. The highest BCUT2D eigenvalue weighted by molar-refractivity contribution is 5.92. The minimum Gasteiger partial charge on any atom is -0.497 e. The largest absolute Gasteiger partial charge is 0.497 e. The van der Waals surface area contributed by atoms with Crippen molar-refractivity contribution >= 4 is 11.6 Å². The molecule has 0 bridgehead atoms. The highest BCUT2D eigenvalue weighted by Crippen LogP contribution is 2.32. The second kappa shape index (κ2) is 6.86. The van der Waals surface area contributed by atoms with Gasteiger partial charge >= 0.3 is 0 Å². The number of amides is 1. The third kappa shape index (κ3) is 3.65. The van der Waals surface area contributed by atoms with Crippen molar-refractivity contribution in [2.75, 3.05) is 45.3 Å². The molecule has 2 atom stereocenters. The van der Waals surface area contributed by atoms with Gasteiger partial charge in [-0.3, -0.25) is 9.69 Å². The summed E-state index contributed by atoms with van der Waals surface area (Å²) in [5.41, 5.74) is 0.523. The molecule has 6 heteroatoms. The van der Waals surface area contributed by atoms with E-state index in [4.69, 9.17) is 14.2 Å². The number of carbonyl (C=O) groups is 1. The topological polar surface area (TPSA) is 60.0 Å². The maximum Gasteiger partial charge on any atom is 0.238 e. The van der Waals surface area contributed by atoms with E-state index in [-0.39, 0.29) is 17.6 Å². The molecule has 1 aromatic rings. The monoisotopic (exact) mass is 320 g/mol. The van der Waals surface area contributed by atoms with Gasteiger partial charge in [-0.25, -0.2) is 0 Å². The van der Waals surface area contributed by atoms with Crippen molar-refractivity contribution in [3.8, 4) is 5.75 Å². The van der Waals surface area contributed by atoms with Crippen molar-refractivity contribution < 1.29 is 19.0 Å². The van der Waals surface area contributed by atoms with Crippen molar-refractivity contribution in [3.05, 3.63) is 24.3 Å². The lowest BCUT2D eigenvalue weighted by atomic mass is 9.94. The zero-order chi connectivity index (χ0) is 16.3. The third-order valence-corrected chi connectivity index (χ3v) is 4.66. The van der Waals surface area contributed by atoms with Gasteiger partial charge in [0.05, 0.1) is 26.4 Å². The molecule has 1 aromatic carbocycles. The second-order valence-electron chi connectivity index (χ2n) is 6.16. The van der Waals surface area contributed by atoms with Crippen molar-refractivity contribution in [3.63, 3.8) is 0 Å². The van der Waals surface area contributed by atoms with Crippen molar-refractivity contribution in [2.45, 2.75) is 25.0 Å². The van der Waals surface area contributed by atoms with E-state index < -0.39 is 0 Å². The van der Waals surface area contributed by atoms with Crippen LogP contribution >= 0.6 is 0 Å². The molecule has 2 fully saturated rings. The van der Waals surface area contributed by atoms with Crippen LogP contribution in [0, 0.1) is 0 Å². The number of benzene rings is 1. The Balaban J connectivity index is 1.54. The van der Waals surface area contributed by atoms with Crippen LogP contribution in [-0.4, -0.2) is 62.5 Å². The Morgan fingerprint density at radius 1 is 1.39 bits per heavy atom. The van der Waals surface area contributed by atoms with Crippen LogP contribution in [0.2, 0.25) is 0 Å². The zero-order valence-electron chi connectivity index (χ0n) is 13.7. The molecule has 0 saturated carbocycles. The average molecular weight is 320 g/mol. The third-order valence-electron chi connectivity index (χ3n) is 4.66. The predicted octanol–water partition coefficient (Wildman–Crippen LogP) is 1.51. The first kappa shape index (κ1) is 16.2. The summed E-state index contributed by atoms with van der Waals surface area (Å²) in [7, 11) is 1.62. The molecular formula is C17H24N2O4. The van der Waals surface area contributed by atoms with Gasteiger partial charge in [0, 0.05) is 31.8 Å². The lowest BCUT2D eigenvalue weighted by molar-refractivity contribution is -0.140. The van der Waals surface area contributed by atoms with E-state index in [1.54, 1.807) is 7.11 Å². The van der Waals surface area contributed by atoms with E-state index in [9.17, 15) is 4.79 Å². The summed E-state index contributed by atoms with van der Waals surface area (Å²) in [5, 5.41) is 2.92. The summed E-state index contributed by atoms with van der Waals surface area (Å²) in [4.78, 5) is 14.4. The SMILES string of the molecule is COc1ccc(NC(=O)CN2CCO[C@]3(CCO[C@H]3C)C2)cc1. The Labute approximate surface area is 136 Å².